The minimum atomic E-state index is 0.858. The van der Waals surface area contributed by atoms with E-state index in [1.165, 1.54) is 6.21 Å². The molecule has 0 aromatic heterocycles. The van der Waals surface area contributed by atoms with Crippen LogP contribution in [0, 0.1) is 5.41 Å². The minimum Gasteiger partial charge on any atom is -0.402 e. The Morgan fingerprint density at radius 2 is 2.20 bits per heavy atom. The van der Waals surface area contributed by atoms with Crippen molar-refractivity contribution in [3.8, 4) is 0 Å². The van der Waals surface area contributed by atoms with E-state index in [-0.39, 0.29) is 0 Å². The lowest BCUT2D eigenvalue weighted by molar-refractivity contribution is 0.778. The van der Waals surface area contributed by atoms with Gasteiger partial charge in [0.05, 0.1) is 0 Å². The van der Waals surface area contributed by atoms with Crippen LogP contribution in [0.5, 0.6) is 0 Å². The quantitative estimate of drug-likeness (QED) is 0.577. The average molecular weight is 140 g/mol. The number of hydrogen-bond donors (Lipinski definition) is 2. The van der Waals surface area contributed by atoms with E-state index in [9.17, 15) is 0 Å². The Morgan fingerprint density at radius 3 is 2.60 bits per heavy atom. The van der Waals surface area contributed by atoms with Crippen LogP contribution in [0.4, 0.5) is 0 Å². The molecule has 0 amide bonds. The molecule has 0 atom stereocenters. The van der Waals surface area contributed by atoms with Gasteiger partial charge in [-0.05, 0) is 25.3 Å². The van der Waals surface area contributed by atoms with Gasteiger partial charge >= 0.3 is 0 Å². The van der Waals surface area contributed by atoms with Crippen LogP contribution >= 0.6 is 0 Å². The highest BCUT2D eigenvalue weighted by atomic mass is 14.6. The van der Waals surface area contributed by atoms with Crippen LogP contribution in [0.2, 0.25) is 0 Å². The van der Waals surface area contributed by atoms with Gasteiger partial charge < -0.3 is 11.1 Å². The molecule has 0 heterocycles. The van der Waals surface area contributed by atoms with Crippen LogP contribution in [0.25, 0.3) is 0 Å². The number of nitrogens with one attached hydrogen (secondary N) is 1. The summed E-state index contributed by atoms with van der Waals surface area (Å²) in [5.74, 6) is 0. The number of nitrogens with two attached hydrogens (primary N) is 1. The smallest absolute Gasteiger partial charge is 0.0224 e. The summed E-state index contributed by atoms with van der Waals surface area (Å²) in [4.78, 5) is 0. The van der Waals surface area contributed by atoms with Gasteiger partial charge in [-0.25, -0.2) is 0 Å². The molecule has 0 radical (unpaired) electrons. The molecule has 2 nitrogen and oxygen atoms in total. The fourth-order valence-electron chi connectivity index (χ4n) is 0.657. The van der Waals surface area contributed by atoms with E-state index in [2.05, 4.69) is 6.92 Å². The monoisotopic (exact) mass is 140 g/mol. The number of unbranched alkanes of at least 4 members (excludes halogenated alkanes) is 1. The molecule has 0 fully saturated rings. The standard InChI is InChI=1S/C8H16N2/c1-3-4-5-8(10)7(2)6-9/h6,9H,3-5,10H2,1-2H3/b8-7-,9-6?. The minimum absolute atomic E-state index is 0.858. The van der Waals surface area contributed by atoms with Crippen molar-refractivity contribution in [1.82, 2.24) is 0 Å². The maximum Gasteiger partial charge on any atom is 0.0224 e. The first-order valence-corrected chi connectivity index (χ1v) is 3.68. The average Bonchev–Trinajstić information content (AvgIpc) is 1.98. The summed E-state index contributed by atoms with van der Waals surface area (Å²) in [6.07, 6.45) is 4.52. The van der Waals surface area contributed by atoms with Gasteiger partial charge in [-0.3, -0.25) is 0 Å². The molecule has 0 aliphatic heterocycles. The summed E-state index contributed by atoms with van der Waals surface area (Å²) in [6.45, 7) is 4.00. The van der Waals surface area contributed by atoms with E-state index in [4.69, 9.17) is 11.1 Å². The Morgan fingerprint density at radius 1 is 1.60 bits per heavy atom. The Hall–Kier alpha value is -0.790. The molecule has 0 aromatic rings. The van der Waals surface area contributed by atoms with Crippen molar-refractivity contribution in [3.63, 3.8) is 0 Å². The highest BCUT2D eigenvalue weighted by Gasteiger charge is 1.92. The molecule has 10 heavy (non-hydrogen) atoms. The van der Waals surface area contributed by atoms with E-state index >= 15 is 0 Å². The van der Waals surface area contributed by atoms with Crippen molar-refractivity contribution in [1.29, 1.82) is 5.41 Å². The third-order valence-electron chi connectivity index (χ3n) is 1.52. The molecule has 0 aliphatic rings. The molecule has 3 N–H and O–H groups in total. The second-order valence-corrected chi connectivity index (χ2v) is 2.46. The van der Waals surface area contributed by atoms with Crippen molar-refractivity contribution in [2.24, 2.45) is 5.73 Å². The lowest BCUT2D eigenvalue weighted by atomic mass is 10.1. The zero-order chi connectivity index (χ0) is 7.98. The summed E-state index contributed by atoms with van der Waals surface area (Å²) >= 11 is 0. The van der Waals surface area contributed by atoms with Crippen LogP contribution in [0.1, 0.15) is 33.1 Å². The Balaban J connectivity index is 3.79. The van der Waals surface area contributed by atoms with Crippen LogP contribution in [0.3, 0.4) is 0 Å². The second kappa shape index (κ2) is 5.03. The molecule has 0 aromatic carbocycles. The van der Waals surface area contributed by atoms with Gasteiger partial charge in [-0.15, -0.1) is 0 Å². The van der Waals surface area contributed by atoms with Crippen molar-refractivity contribution >= 4 is 6.21 Å². The first kappa shape index (κ1) is 9.21. The highest BCUT2D eigenvalue weighted by Crippen LogP contribution is 2.04. The maximum absolute atomic E-state index is 6.91. The summed E-state index contributed by atoms with van der Waals surface area (Å²) in [7, 11) is 0. The SMILES string of the molecule is CCCC/C(N)=C(\C)C=N. The molecule has 0 saturated carbocycles. The zero-order valence-electron chi connectivity index (χ0n) is 6.78. The van der Waals surface area contributed by atoms with Gasteiger partial charge in [-0.2, -0.15) is 0 Å². The number of rotatable bonds is 4. The summed E-state index contributed by atoms with van der Waals surface area (Å²) < 4.78 is 0. The van der Waals surface area contributed by atoms with Crippen molar-refractivity contribution in [3.05, 3.63) is 11.3 Å². The van der Waals surface area contributed by atoms with Crippen LogP contribution in [0.15, 0.2) is 11.3 Å². The van der Waals surface area contributed by atoms with Crippen molar-refractivity contribution in [2.45, 2.75) is 33.1 Å². The molecule has 0 saturated heterocycles. The predicted octanol–water partition coefficient (Wildman–Crippen LogP) is 2.06. The Bertz CT molecular complexity index is 136. The molecular formula is C8H16N2. The van der Waals surface area contributed by atoms with Crippen LogP contribution in [-0.2, 0) is 0 Å². The van der Waals surface area contributed by atoms with E-state index in [0.717, 1.165) is 30.5 Å². The summed E-state index contributed by atoms with van der Waals surface area (Å²) in [6, 6.07) is 0. The van der Waals surface area contributed by atoms with Gasteiger partial charge in [0.1, 0.15) is 0 Å². The molecule has 0 bridgehead atoms. The fourth-order valence-corrected chi connectivity index (χ4v) is 0.657. The molecule has 0 rings (SSSR count). The van der Waals surface area contributed by atoms with Gasteiger partial charge in [-0.1, -0.05) is 13.3 Å². The molecule has 2 heteroatoms. The third-order valence-corrected chi connectivity index (χ3v) is 1.52. The Kier molecular flexibility index (Phi) is 4.63. The molecular weight excluding hydrogens is 124 g/mol. The maximum atomic E-state index is 6.91. The topological polar surface area (TPSA) is 49.9 Å². The lowest BCUT2D eigenvalue weighted by Crippen LogP contribution is -2.01. The van der Waals surface area contributed by atoms with Gasteiger partial charge in [0.25, 0.3) is 0 Å². The van der Waals surface area contributed by atoms with Gasteiger partial charge in [0, 0.05) is 11.9 Å². The third kappa shape index (κ3) is 3.28. The zero-order valence-corrected chi connectivity index (χ0v) is 6.78. The Labute approximate surface area is 62.6 Å². The summed E-state index contributed by atoms with van der Waals surface area (Å²) in [5.41, 5.74) is 7.40. The lowest BCUT2D eigenvalue weighted by Gasteiger charge is -2.00. The molecule has 0 unspecified atom stereocenters. The van der Waals surface area contributed by atoms with Crippen molar-refractivity contribution < 1.29 is 0 Å². The van der Waals surface area contributed by atoms with E-state index in [1.807, 2.05) is 6.92 Å². The number of allylic oxidation sites excluding steroid dienone is 2. The first-order valence-electron chi connectivity index (χ1n) is 3.68. The first-order chi connectivity index (χ1) is 4.72. The number of hydrogen-bond acceptors (Lipinski definition) is 2. The molecule has 58 valence electrons. The summed E-state index contributed by atoms with van der Waals surface area (Å²) in [5, 5.41) is 6.91. The second-order valence-electron chi connectivity index (χ2n) is 2.46. The molecule has 0 spiro atoms. The largest absolute Gasteiger partial charge is 0.402 e. The predicted molar refractivity (Wildman–Crippen MR) is 45.2 cm³/mol. The highest BCUT2D eigenvalue weighted by molar-refractivity contribution is 5.75. The molecule has 0 aliphatic carbocycles. The van der Waals surface area contributed by atoms with E-state index < -0.39 is 0 Å². The normalized spacial score (nSPS) is 12.6. The fraction of sp³-hybridized carbons (Fsp3) is 0.625. The van der Waals surface area contributed by atoms with Crippen molar-refractivity contribution in [2.75, 3.05) is 0 Å². The van der Waals surface area contributed by atoms with Gasteiger partial charge in [0.15, 0.2) is 0 Å². The van der Waals surface area contributed by atoms with E-state index in [1.54, 1.807) is 0 Å². The van der Waals surface area contributed by atoms with Crippen LogP contribution in [-0.4, -0.2) is 6.21 Å². The van der Waals surface area contributed by atoms with E-state index in [0.29, 0.717) is 0 Å². The van der Waals surface area contributed by atoms with Crippen LogP contribution < -0.4 is 5.73 Å². The van der Waals surface area contributed by atoms with Gasteiger partial charge in [0.2, 0.25) is 0 Å².